The molecule has 0 fully saturated rings. The Labute approximate surface area is 203 Å². The molecule has 5 aromatic rings. The highest BCUT2D eigenvalue weighted by atomic mass is 35.5. The van der Waals surface area contributed by atoms with Crippen LogP contribution in [0.15, 0.2) is 61.1 Å². The molecule has 2 aromatic carbocycles. The van der Waals surface area contributed by atoms with Gasteiger partial charge in [0.2, 0.25) is 0 Å². The van der Waals surface area contributed by atoms with E-state index in [1.165, 1.54) is 36.1 Å². The predicted octanol–water partition coefficient (Wildman–Crippen LogP) is 4.43. The minimum absolute atomic E-state index is 0.131. The maximum atomic E-state index is 13.1. The third-order valence-corrected chi connectivity index (χ3v) is 5.65. The standard InChI is InChI=1S/C23H17ClN8O3/c1-13-9-20(28-23(33)17-7-4-8-19(14(17)2)32(34)35)31(29-13)22-18-11-27-30(21(18)25-12-26-22)16-6-3-5-15(24)10-16/h3-12H,1-2H3,(H,28,33). The third kappa shape index (κ3) is 3.97. The number of halogens is 1. The van der Waals surface area contributed by atoms with Gasteiger partial charge in [-0.3, -0.25) is 14.9 Å². The fraction of sp³-hybridized carbons (Fsp3) is 0.0870. The first-order valence-electron chi connectivity index (χ1n) is 10.4. The summed E-state index contributed by atoms with van der Waals surface area (Å²) in [6, 6.07) is 13.2. The Kier molecular flexibility index (Phi) is 5.46. The molecule has 11 nitrogen and oxygen atoms in total. The monoisotopic (exact) mass is 488 g/mol. The Morgan fingerprint density at radius 1 is 1.09 bits per heavy atom. The molecule has 0 unspecified atom stereocenters. The Bertz CT molecular complexity index is 1620. The number of nitrogens with zero attached hydrogens (tertiary/aromatic N) is 7. The van der Waals surface area contributed by atoms with E-state index in [2.05, 4.69) is 25.5 Å². The van der Waals surface area contributed by atoms with Crippen molar-refractivity contribution in [2.24, 2.45) is 0 Å². The van der Waals surface area contributed by atoms with E-state index in [-0.39, 0.29) is 16.8 Å². The molecule has 0 radical (unpaired) electrons. The van der Waals surface area contributed by atoms with Gasteiger partial charge in [-0.05, 0) is 38.1 Å². The van der Waals surface area contributed by atoms with Crippen LogP contribution in [0.4, 0.5) is 11.5 Å². The molecule has 174 valence electrons. The molecule has 3 aromatic heterocycles. The number of fused-ring (bicyclic) bond motifs is 1. The van der Waals surface area contributed by atoms with Gasteiger partial charge in [0.05, 0.1) is 27.9 Å². The average molecular weight is 489 g/mol. The lowest BCUT2D eigenvalue weighted by Gasteiger charge is -2.10. The van der Waals surface area contributed by atoms with Gasteiger partial charge in [0.25, 0.3) is 11.6 Å². The molecular weight excluding hydrogens is 472 g/mol. The van der Waals surface area contributed by atoms with E-state index < -0.39 is 10.8 Å². The molecule has 0 bridgehead atoms. The number of hydrogen-bond donors (Lipinski definition) is 1. The number of amides is 1. The molecule has 1 amide bonds. The molecule has 1 N–H and O–H groups in total. The number of anilines is 1. The largest absolute Gasteiger partial charge is 0.306 e. The average Bonchev–Trinajstić information content (AvgIpc) is 3.42. The van der Waals surface area contributed by atoms with Gasteiger partial charge in [-0.25, -0.2) is 14.6 Å². The van der Waals surface area contributed by atoms with Crippen molar-refractivity contribution in [2.45, 2.75) is 13.8 Å². The van der Waals surface area contributed by atoms with Crippen LogP contribution in [0.3, 0.4) is 0 Å². The molecular formula is C23H17ClN8O3. The first-order valence-corrected chi connectivity index (χ1v) is 10.8. The lowest BCUT2D eigenvalue weighted by Crippen LogP contribution is -2.17. The van der Waals surface area contributed by atoms with E-state index in [0.717, 1.165) is 5.69 Å². The van der Waals surface area contributed by atoms with Crippen molar-refractivity contribution in [1.82, 2.24) is 29.5 Å². The summed E-state index contributed by atoms with van der Waals surface area (Å²) in [7, 11) is 0. The maximum absolute atomic E-state index is 13.1. The number of carbonyl (C=O) groups excluding carboxylic acids is 1. The van der Waals surface area contributed by atoms with E-state index in [1.807, 2.05) is 12.1 Å². The quantitative estimate of drug-likeness (QED) is 0.285. The van der Waals surface area contributed by atoms with E-state index in [4.69, 9.17) is 11.6 Å². The van der Waals surface area contributed by atoms with Crippen LogP contribution < -0.4 is 5.32 Å². The van der Waals surface area contributed by atoms with Crippen molar-refractivity contribution in [3.63, 3.8) is 0 Å². The van der Waals surface area contributed by atoms with Gasteiger partial charge in [0.15, 0.2) is 11.5 Å². The molecule has 0 saturated carbocycles. The number of carbonyl (C=O) groups is 1. The Hall–Kier alpha value is -4.64. The molecule has 0 atom stereocenters. The van der Waals surface area contributed by atoms with Crippen molar-refractivity contribution in [1.29, 1.82) is 0 Å². The maximum Gasteiger partial charge on any atom is 0.273 e. The summed E-state index contributed by atoms with van der Waals surface area (Å²) in [5, 5.41) is 24.2. The van der Waals surface area contributed by atoms with Crippen LogP contribution in [0.5, 0.6) is 0 Å². The molecule has 0 saturated heterocycles. The summed E-state index contributed by atoms with van der Waals surface area (Å²) in [6.45, 7) is 3.31. The minimum atomic E-state index is -0.518. The zero-order valence-corrected chi connectivity index (χ0v) is 19.3. The first-order chi connectivity index (χ1) is 16.8. The van der Waals surface area contributed by atoms with Crippen LogP contribution >= 0.6 is 11.6 Å². The van der Waals surface area contributed by atoms with Crippen LogP contribution in [0, 0.1) is 24.0 Å². The molecule has 0 aliphatic carbocycles. The van der Waals surface area contributed by atoms with Crippen molar-refractivity contribution in [2.75, 3.05) is 5.32 Å². The third-order valence-electron chi connectivity index (χ3n) is 5.42. The van der Waals surface area contributed by atoms with Gasteiger partial charge in [-0.15, -0.1) is 0 Å². The highest BCUT2D eigenvalue weighted by molar-refractivity contribution is 6.30. The van der Waals surface area contributed by atoms with Crippen LogP contribution in [0.2, 0.25) is 5.02 Å². The smallest absolute Gasteiger partial charge is 0.273 e. The van der Waals surface area contributed by atoms with Crippen LogP contribution in [0.25, 0.3) is 22.5 Å². The Balaban J connectivity index is 1.56. The van der Waals surface area contributed by atoms with Gasteiger partial charge in [0.1, 0.15) is 12.1 Å². The number of nitro benzene ring substituents is 1. The van der Waals surface area contributed by atoms with Crippen LogP contribution in [-0.4, -0.2) is 40.4 Å². The van der Waals surface area contributed by atoms with Gasteiger partial charge in [0, 0.05) is 28.3 Å². The van der Waals surface area contributed by atoms with E-state index in [9.17, 15) is 14.9 Å². The van der Waals surface area contributed by atoms with Crippen molar-refractivity contribution in [3.05, 3.63) is 93.0 Å². The number of aromatic nitrogens is 6. The van der Waals surface area contributed by atoms with Crippen molar-refractivity contribution in [3.8, 4) is 11.5 Å². The van der Waals surface area contributed by atoms with E-state index >= 15 is 0 Å². The summed E-state index contributed by atoms with van der Waals surface area (Å²) in [6.07, 6.45) is 2.99. The second kappa shape index (κ2) is 8.61. The summed E-state index contributed by atoms with van der Waals surface area (Å²) in [5.74, 6) is 0.239. The number of hydrogen-bond acceptors (Lipinski definition) is 7. The van der Waals surface area contributed by atoms with Crippen molar-refractivity contribution < 1.29 is 9.72 Å². The highest BCUT2D eigenvalue weighted by Crippen LogP contribution is 2.26. The Morgan fingerprint density at radius 2 is 1.89 bits per heavy atom. The van der Waals surface area contributed by atoms with Crippen LogP contribution in [-0.2, 0) is 0 Å². The Morgan fingerprint density at radius 3 is 2.66 bits per heavy atom. The molecule has 0 spiro atoms. The first kappa shape index (κ1) is 22.2. The normalized spacial score (nSPS) is 11.1. The predicted molar refractivity (Wildman–Crippen MR) is 129 cm³/mol. The topological polar surface area (TPSA) is 134 Å². The second-order valence-corrected chi connectivity index (χ2v) is 8.15. The summed E-state index contributed by atoms with van der Waals surface area (Å²) < 4.78 is 3.11. The van der Waals surface area contributed by atoms with Gasteiger partial charge in [-0.1, -0.05) is 23.7 Å². The molecule has 12 heteroatoms. The lowest BCUT2D eigenvalue weighted by atomic mass is 10.1. The van der Waals surface area contributed by atoms with Gasteiger partial charge >= 0.3 is 0 Å². The number of benzene rings is 2. The number of nitrogens with one attached hydrogen (secondary N) is 1. The zero-order chi connectivity index (χ0) is 24.7. The molecule has 0 aliphatic rings. The molecule has 5 rings (SSSR count). The second-order valence-electron chi connectivity index (χ2n) is 7.71. The summed E-state index contributed by atoms with van der Waals surface area (Å²) in [4.78, 5) is 32.6. The number of rotatable bonds is 5. The summed E-state index contributed by atoms with van der Waals surface area (Å²) in [5.41, 5.74) is 2.20. The van der Waals surface area contributed by atoms with Gasteiger partial charge < -0.3 is 5.32 Å². The van der Waals surface area contributed by atoms with Crippen molar-refractivity contribution >= 4 is 40.0 Å². The number of nitro groups is 1. The molecule has 3 heterocycles. The fourth-order valence-corrected chi connectivity index (χ4v) is 3.98. The van der Waals surface area contributed by atoms with E-state index in [0.29, 0.717) is 33.4 Å². The fourth-order valence-electron chi connectivity index (χ4n) is 3.80. The molecule has 35 heavy (non-hydrogen) atoms. The zero-order valence-electron chi connectivity index (χ0n) is 18.5. The SMILES string of the molecule is Cc1cc(NC(=O)c2cccc([N+](=O)[O-])c2C)n(-c2ncnc3c2cnn3-c2cccc(Cl)c2)n1. The number of aryl methyl sites for hydroxylation is 1. The minimum Gasteiger partial charge on any atom is -0.306 e. The lowest BCUT2D eigenvalue weighted by molar-refractivity contribution is -0.385. The van der Waals surface area contributed by atoms with Gasteiger partial charge in [-0.2, -0.15) is 14.9 Å². The van der Waals surface area contributed by atoms with E-state index in [1.54, 1.807) is 36.0 Å². The highest BCUT2D eigenvalue weighted by Gasteiger charge is 2.21. The van der Waals surface area contributed by atoms with Crippen LogP contribution in [0.1, 0.15) is 21.6 Å². The summed E-state index contributed by atoms with van der Waals surface area (Å²) >= 11 is 6.14. The molecule has 0 aliphatic heterocycles.